The van der Waals surface area contributed by atoms with E-state index in [4.69, 9.17) is 4.74 Å². The molecule has 23 heavy (non-hydrogen) atoms. The molecule has 1 aliphatic heterocycles. The number of hydrogen-bond donors (Lipinski definition) is 1. The fraction of sp³-hybridized carbons (Fsp3) is 0.316. The Morgan fingerprint density at radius 3 is 2.70 bits per heavy atom. The molecule has 0 atom stereocenters. The lowest BCUT2D eigenvalue weighted by Gasteiger charge is -2.18. The van der Waals surface area contributed by atoms with Gasteiger partial charge in [0.1, 0.15) is 5.75 Å². The highest BCUT2D eigenvalue weighted by Gasteiger charge is 2.11. The van der Waals surface area contributed by atoms with E-state index in [1.807, 2.05) is 55.4 Å². The van der Waals surface area contributed by atoms with E-state index in [-0.39, 0.29) is 5.91 Å². The van der Waals surface area contributed by atoms with Crippen LogP contribution in [-0.4, -0.2) is 26.6 Å². The summed E-state index contributed by atoms with van der Waals surface area (Å²) in [7, 11) is 3.96. The molecule has 1 amide bonds. The van der Waals surface area contributed by atoms with E-state index in [1.54, 1.807) is 0 Å². The van der Waals surface area contributed by atoms with Crippen LogP contribution < -0.4 is 15.0 Å². The van der Waals surface area contributed by atoms with Gasteiger partial charge in [-0.3, -0.25) is 4.79 Å². The molecule has 120 valence electrons. The normalized spacial score (nSPS) is 13.0. The van der Waals surface area contributed by atoms with Crippen molar-refractivity contribution in [1.29, 1.82) is 0 Å². The first kappa shape index (κ1) is 15.4. The highest BCUT2D eigenvalue weighted by atomic mass is 16.5. The van der Waals surface area contributed by atoms with Crippen molar-refractivity contribution in [1.82, 2.24) is 5.32 Å². The summed E-state index contributed by atoms with van der Waals surface area (Å²) < 4.78 is 5.61. The number of nitrogens with one attached hydrogen (secondary N) is 1. The molecule has 0 spiro atoms. The molecule has 1 heterocycles. The van der Waals surface area contributed by atoms with Gasteiger partial charge in [0, 0.05) is 31.9 Å². The molecule has 0 bridgehead atoms. The zero-order valence-electron chi connectivity index (χ0n) is 13.6. The minimum absolute atomic E-state index is 0.0516. The van der Waals surface area contributed by atoms with Gasteiger partial charge in [-0.15, -0.1) is 0 Å². The van der Waals surface area contributed by atoms with Crippen LogP contribution in [0.1, 0.15) is 27.9 Å². The number of carbonyl (C=O) groups is 1. The van der Waals surface area contributed by atoms with E-state index in [0.29, 0.717) is 12.1 Å². The Hall–Kier alpha value is -2.49. The number of nitrogens with zero attached hydrogens (tertiary/aromatic N) is 1. The van der Waals surface area contributed by atoms with Crippen LogP contribution in [0.25, 0.3) is 0 Å². The maximum absolute atomic E-state index is 12.2. The summed E-state index contributed by atoms with van der Waals surface area (Å²) in [5.41, 5.74) is 4.10. The first-order valence-electron chi connectivity index (χ1n) is 7.94. The molecule has 2 aromatic carbocycles. The van der Waals surface area contributed by atoms with Gasteiger partial charge < -0.3 is 15.0 Å². The maximum atomic E-state index is 12.2. The minimum Gasteiger partial charge on any atom is -0.493 e. The lowest BCUT2D eigenvalue weighted by Crippen LogP contribution is -2.23. The molecule has 1 N–H and O–H groups in total. The van der Waals surface area contributed by atoms with Gasteiger partial charge in [0.2, 0.25) is 0 Å². The molecule has 0 saturated carbocycles. The second kappa shape index (κ2) is 6.73. The summed E-state index contributed by atoms with van der Waals surface area (Å²) >= 11 is 0. The average molecular weight is 310 g/mol. The van der Waals surface area contributed by atoms with Gasteiger partial charge in [0.25, 0.3) is 5.91 Å². The van der Waals surface area contributed by atoms with Gasteiger partial charge >= 0.3 is 0 Å². The Bertz CT molecular complexity index is 693. The van der Waals surface area contributed by atoms with E-state index >= 15 is 0 Å². The number of benzene rings is 2. The van der Waals surface area contributed by atoms with Gasteiger partial charge in [0.15, 0.2) is 0 Å². The Balaban J connectivity index is 1.62. The van der Waals surface area contributed by atoms with Crippen molar-refractivity contribution < 1.29 is 9.53 Å². The Labute approximate surface area is 137 Å². The molecule has 4 nitrogen and oxygen atoms in total. The highest BCUT2D eigenvalue weighted by Crippen LogP contribution is 2.25. The van der Waals surface area contributed by atoms with Crippen molar-refractivity contribution in [3.05, 3.63) is 59.2 Å². The summed E-state index contributed by atoms with van der Waals surface area (Å²) in [6.45, 7) is 1.33. The third kappa shape index (κ3) is 3.65. The van der Waals surface area contributed by atoms with Crippen molar-refractivity contribution in [2.24, 2.45) is 0 Å². The predicted molar refractivity (Wildman–Crippen MR) is 92.2 cm³/mol. The molecule has 4 heteroatoms. The largest absolute Gasteiger partial charge is 0.493 e. The number of amides is 1. The van der Waals surface area contributed by atoms with Crippen LogP contribution in [0.4, 0.5) is 5.69 Å². The van der Waals surface area contributed by atoms with Gasteiger partial charge in [-0.1, -0.05) is 12.1 Å². The van der Waals surface area contributed by atoms with E-state index in [2.05, 4.69) is 11.4 Å². The summed E-state index contributed by atoms with van der Waals surface area (Å²) in [5.74, 6) is 0.926. The molecular weight excluding hydrogens is 288 g/mol. The monoisotopic (exact) mass is 310 g/mol. The fourth-order valence-electron chi connectivity index (χ4n) is 2.72. The first-order valence-corrected chi connectivity index (χ1v) is 7.94. The second-order valence-corrected chi connectivity index (χ2v) is 6.02. The summed E-state index contributed by atoms with van der Waals surface area (Å²) in [5, 5.41) is 2.98. The van der Waals surface area contributed by atoms with Crippen LogP contribution in [0.5, 0.6) is 5.75 Å². The Morgan fingerprint density at radius 1 is 1.17 bits per heavy atom. The first-order chi connectivity index (χ1) is 11.1. The van der Waals surface area contributed by atoms with E-state index in [9.17, 15) is 4.79 Å². The second-order valence-electron chi connectivity index (χ2n) is 6.02. The fourth-order valence-corrected chi connectivity index (χ4v) is 2.72. The standard InChI is InChI=1S/C19H22N2O2/c1-21(2)17-8-6-15(7-9-17)19(22)20-13-14-5-10-18-16(12-14)4-3-11-23-18/h5-10,12H,3-4,11,13H2,1-2H3,(H,20,22). The number of carbonyl (C=O) groups excluding carboxylic acids is 1. The minimum atomic E-state index is -0.0516. The molecule has 0 radical (unpaired) electrons. The number of ether oxygens (including phenoxy) is 1. The predicted octanol–water partition coefficient (Wildman–Crippen LogP) is 3.01. The summed E-state index contributed by atoms with van der Waals surface area (Å²) in [4.78, 5) is 14.2. The number of anilines is 1. The lowest BCUT2D eigenvalue weighted by molar-refractivity contribution is 0.0951. The quantitative estimate of drug-likeness (QED) is 0.944. The number of fused-ring (bicyclic) bond motifs is 1. The highest BCUT2D eigenvalue weighted by molar-refractivity contribution is 5.94. The number of rotatable bonds is 4. The SMILES string of the molecule is CN(C)c1ccc(C(=O)NCc2ccc3c(c2)CCCO3)cc1. The zero-order valence-corrected chi connectivity index (χ0v) is 13.6. The molecular formula is C19H22N2O2. The van der Waals surface area contributed by atoms with Crippen LogP contribution in [0.3, 0.4) is 0 Å². The van der Waals surface area contributed by atoms with Crippen LogP contribution in [0.2, 0.25) is 0 Å². The summed E-state index contributed by atoms with van der Waals surface area (Å²) in [6.07, 6.45) is 2.10. The molecule has 0 unspecified atom stereocenters. The number of aryl methyl sites for hydroxylation is 1. The van der Waals surface area contributed by atoms with E-state index < -0.39 is 0 Å². The van der Waals surface area contributed by atoms with Crippen molar-refractivity contribution >= 4 is 11.6 Å². The van der Waals surface area contributed by atoms with Crippen LogP contribution in [0, 0.1) is 0 Å². The zero-order chi connectivity index (χ0) is 16.2. The third-order valence-electron chi connectivity index (χ3n) is 4.07. The topological polar surface area (TPSA) is 41.6 Å². The smallest absolute Gasteiger partial charge is 0.251 e. The average Bonchev–Trinajstić information content (AvgIpc) is 2.59. The Kier molecular flexibility index (Phi) is 4.51. The van der Waals surface area contributed by atoms with E-state index in [1.165, 1.54) is 5.56 Å². The van der Waals surface area contributed by atoms with Gasteiger partial charge in [-0.2, -0.15) is 0 Å². The number of hydrogen-bond acceptors (Lipinski definition) is 3. The molecule has 0 saturated heterocycles. The maximum Gasteiger partial charge on any atom is 0.251 e. The van der Waals surface area contributed by atoms with Crippen molar-refractivity contribution in [3.63, 3.8) is 0 Å². The van der Waals surface area contributed by atoms with Gasteiger partial charge in [-0.25, -0.2) is 0 Å². The Morgan fingerprint density at radius 2 is 1.96 bits per heavy atom. The molecule has 2 aromatic rings. The molecule has 3 rings (SSSR count). The van der Waals surface area contributed by atoms with Crippen LogP contribution in [0.15, 0.2) is 42.5 Å². The van der Waals surface area contributed by atoms with Crippen LogP contribution in [-0.2, 0) is 13.0 Å². The van der Waals surface area contributed by atoms with Gasteiger partial charge in [-0.05, 0) is 54.3 Å². The molecule has 0 aliphatic carbocycles. The van der Waals surface area contributed by atoms with Crippen LogP contribution >= 0.6 is 0 Å². The summed E-state index contributed by atoms with van der Waals surface area (Å²) in [6, 6.07) is 13.7. The molecule has 1 aliphatic rings. The van der Waals surface area contributed by atoms with Crippen molar-refractivity contribution in [2.75, 3.05) is 25.6 Å². The van der Waals surface area contributed by atoms with Gasteiger partial charge in [0.05, 0.1) is 6.61 Å². The van der Waals surface area contributed by atoms with E-state index in [0.717, 1.165) is 36.4 Å². The molecule has 0 fully saturated rings. The van der Waals surface area contributed by atoms with Crippen molar-refractivity contribution in [3.8, 4) is 5.75 Å². The van der Waals surface area contributed by atoms with Crippen molar-refractivity contribution in [2.45, 2.75) is 19.4 Å². The third-order valence-corrected chi connectivity index (χ3v) is 4.07. The lowest BCUT2D eigenvalue weighted by atomic mass is 10.0. The molecule has 0 aromatic heterocycles.